The maximum Gasteiger partial charge on any atom is 0.235 e. The molecule has 0 unspecified atom stereocenters. The quantitative estimate of drug-likeness (QED) is 0.856. The van der Waals surface area contributed by atoms with Gasteiger partial charge in [-0.1, -0.05) is 15.9 Å². The summed E-state index contributed by atoms with van der Waals surface area (Å²) in [6, 6.07) is 6.41. The minimum atomic E-state index is -3.68. The lowest BCUT2D eigenvalue weighted by Gasteiger charge is -2.10. The van der Waals surface area contributed by atoms with E-state index in [1.54, 1.807) is 38.1 Å². The normalized spacial score (nSPS) is 11.6. The van der Waals surface area contributed by atoms with Gasteiger partial charge < -0.3 is 9.32 Å². The molecule has 0 saturated heterocycles. The van der Waals surface area contributed by atoms with E-state index in [1.165, 1.54) is 12.1 Å². The standard InChI is InChI=1S/C12H13BrN2O3S/c1-8-14-11(12(18-8)15(2)3)19(16,17)10-6-4-9(13)5-7-10/h4-7H,1-3H3. The van der Waals surface area contributed by atoms with Crippen molar-refractivity contribution < 1.29 is 12.8 Å². The van der Waals surface area contributed by atoms with Crippen LogP contribution in [0.1, 0.15) is 5.89 Å². The lowest BCUT2D eigenvalue weighted by atomic mass is 10.4. The van der Waals surface area contributed by atoms with Crippen molar-refractivity contribution in [3.63, 3.8) is 0 Å². The van der Waals surface area contributed by atoms with Crippen LogP contribution in [-0.4, -0.2) is 27.5 Å². The molecule has 1 aromatic carbocycles. The molecule has 7 heteroatoms. The van der Waals surface area contributed by atoms with Gasteiger partial charge >= 0.3 is 0 Å². The third-order valence-electron chi connectivity index (χ3n) is 2.47. The summed E-state index contributed by atoms with van der Waals surface area (Å²) in [5.41, 5.74) is 0. The summed E-state index contributed by atoms with van der Waals surface area (Å²) in [5.74, 6) is 0.555. The number of sulfone groups is 1. The van der Waals surface area contributed by atoms with Crippen molar-refractivity contribution in [1.29, 1.82) is 0 Å². The van der Waals surface area contributed by atoms with Crippen molar-refractivity contribution >= 4 is 31.7 Å². The summed E-state index contributed by atoms with van der Waals surface area (Å²) in [6.45, 7) is 1.62. The summed E-state index contributed by atoms with van der Waals surface area (Å²) in [7, 11) is -0.260. The largest absolute Gasteiger partial charge is 0.424 e. The third-order valence-corrected chi connectivity index (χ3v) is 4.67. The minimum absolute atomic E-state index is 0.0580. The molecule has 102 valence electrons. The molecular weight excluding hydrogens is 332 g/mol. The van der Waals surface area contributed by atoms with E-state index in [-0.39, 0.29) is 15.8 Å². The molecule has 5 nitrogen and oxygen atoms in total. The summed E-state index contributed by atoms with van der Waals surface area (Å²) in [6.07, 6.45) is 0. The Morgan fingerprint density at radius 2 is 1.79 bits per heavy atom. The van der Waals surface area contributed by atoms with Crippen molar-refractivity contribution in [2.75, 3.05) is 19.0 Å². The number of nitrogens with zero attached hydrogens (tertiary/aromatic N) is 2. The van der Waals surface area contributed by atoms with Crippen LogP contribution in [0.2, 0.25) is 0 Å². The molecule has 1 heterocycles. The van der Waals surface area contributed by atoms with Gasteiger partial charge in [-0.25, -0.2) is 8.42 Å². The van der Waals surface area contributed by atoms with Gasteiger partial charge in [-0.15, -0.1) is 0 Å². The molecule has 0 fully saturated rings. The summed E-state index contributed by atoms with van der Waals surface area (Å²) < 4.78 is 31.2. The Balaban J connectivity index is 2.60. The fraction of sp³-hybridized carbons (Fsp3) is 0.250. The number of benzene rings is 1. The summed E-state index contributed by atoms with van der Waals surface area (Å²) in [4.78, 5) is 5.77. The number of hydrogen-bond donors (Lipinski definition) is 0. The Kier molecular flexibility index (Phi) is 3.69. The Hall–Kier alpha value is -1.34. The van der Waals surface area contributed by atoms with Crippen LogP contribution in [-0.2, 0) is 9.84 Å². The zero-order valence-electron chi connectivity index (χ0n) is 10.7. The number of aryl methyl sites for hydroxylation is 1. The fourth-order valence-electron chi connectivity index (χ4n) is 1.58. The highest BCUT2D eigenvalue weighted by atomic mass is 79.9. The monoisotopic (exact) mass is 344 g/mol. The first kappa shape index (κ1) is 14.1. The molecule has 0 bridgehead atoms. The molecular formula is C12H13BrN2O3S. The zero-order chi connectivity index (χ0) is 14.2. The molecule has 1 aromatic heterocycles. The van der Waals surface area contributed by atoms with Crippen LogP contribution in [0.3, 0.4) is 0 Å². The molecule has 0 aliphatic rings. The van der Waals surface area contributed by atoms with Crippen molar-refractivity contribution in [1.82, 2.24) is 4.98 Å². The molecule has 2 rings (SSSR count). The van der Waals surface area contributed by atoms with Gasteiger partial charge in [-0.3, -0.25) is 0 Å². The van der Waals surface area contributed by atoms with Crippen LogP contribution < -0.4 is 4.90 Å². The molecule has 0 spiro atoms. The van der Waals surface area contributed by atoms with Crippen molar-refractivity contribution in [3.8, 4) is 0 Å². The van der Waals surface area contributed by atoms with Crippen LogP contribution in [0.5, 0.6) is 0 Å². The number of hydrogen-bond acceptors (Lipinski definition) is 5. The first-order chi connectivity index (χ1) is 8.82. The second-order valence-electron chi connectivity index (χ2n) is 4.19. The zero-order valence-corrected chi connectivity index (χ0v) is 13.1. The Morgan fingerprint density at radius 1 is 1.21 bits per heavy atom. The number of anilines is 1. The van der Waals surface area contributed by atoms with Gasteiger partial charge in [0.25, 0.3) is 0 Å². The van der Waals surface area contributed by atoms with Gasteiger partial charge in [0.05, 0.1) is 4.90 Å². The van der Waals surface area contributed by atoms with E-state index in [9.17, 15) is 8.42 Å². The molecule has 0 amide bonds. The van der Waals surface area contributed by atoms with E-state index < -0.39 is 9.84 Å². The van der Waals surface area contributed by atoms with Gasteiger partial charge in [0.1, 0.15) is 0 Å². The van der Waals surface area contributed by atoms with E-state index in [2.05, 4.69) is 20.9 Å². The van der Waals surface area contributed by atoms with Crippen LogP contribution in [0.4, 0.5) is 5.88 Å². The Bertz CT molecular complexity index is 690. The number of oxazole rings is 1. The molecule has 0 atom stereocenters. The first-order valence-corrected chi connectivity index (χ1v) is 7.75. The lowest BCUT2D eigenvalue weighted by molar-refractivity contribution is 0.519. The molecule has 0 aliphatic heterocycles. The predicted molar refractivity (Wildman–Crippen MR) is 75.2 cm³/mol. The van der Waals surface area contributed by atoms with Crippen LogP contribution in [0, 0.1) is 6.92 Å². The maximum absolute atomic E-state index is 12.5. The minimum Gasteiger partial charge on any atom is -0.424 e. The third kappa shape index (κ3) is 2.66. The Morgan fingerprint density at radius 3 is 2.32 bits per heavy atom. The van der Waals surface area contributed by atoms with Gasteiger partial charge in [0.15, 0.2) is 5.89 Å². The van der Waals surface area contributed by atoms with Crippen molar-refractivity contribution in [2.45, 2.75) is 16.8 Å². The van der Waals surface area contributed by atoms with E-state index in [4.69, 9.17) is 4.42 Å². The number of rotatable bonds is 3. The second-order valence-corrected chi connectivity index (χ2v) is 6.98. The van der Waals surface area contributed by atoms with Gasteiger partial charge in [0.2, 0.25) is 20.7 Å². The maximum atomic E-state index is 12.5. The molecule has 19 heavy (non-hydrogen) atoms. The molecule has 0 saturated carbocycles. The topological polar surface area (TPSA) is 63.4 Å². The smallest absolute Gasteiger partial charge is 0.235 e. The highest BCUT2D eigenvalue weighted by molar-refractivity contribution is 9.10. The van der Waals surface area contributed by atoms with Crippen molar-refractivity contribution in [2.24, 2.45) is 0 Å². The SMILES string of the molecule is Cc1nc(S(=O)(=O)c2ccc(Br)cc2)c(N(C)C)o1. The average Bonchev–Trinajstić information content (AvgIpc) is 2.73. The van der Waals surface area contributed by atoms with E-state index in [0.717, 1.165) is 4.47 Å². The average molecular weight is 345 g/mol. The predicted octanol–water partition coefficient (Wildman–Crippen LogP) is 2.64. The van der Waals surface area contributed by atoms with Gasteiger partial charge in [-0.2, -0.15) is 4.98 Å². The second kappa shape index (κ2) is 4.97. The summed E-state index contributed by atoms with van der Waals surface area (Å²) >= 11 is 3.27. The van der Waals surface area contributed by atoms with E-state index in [1.807, 2.05) is 0 Å². The van der Waals surface area contributed by atoms with Gasteiger partial charge in [-0.05, 0) is 24.3 Å². The molecule has 0 aliphatic carbocycles. The van der Waals surface area contributed by atoms with Crippen molar-refractivity contribution in [3.05, 3.63) is 34.6 Å². The van der Waals surface area contributed by atoms with Gasteiger partial charge in [0, 0.05) is 25.5 Å². The summed E-state index contributed by atoms with van der Waals surface area (Å²) in [5, 5.41) is -0.0580. The lowest BCUT2D eigenvalue weighted by Crippen LogP contribution is -2.13. The molecule has 2 aromatic rings. The highest BCUT2D eigenvalue weighted by Crippen LogP contribution is 2.30. The van der Waals surface area contributed by atoms with E-state index >= 15 is 0 Å². The highest BCUT2D eigenvalue weighted by Gasteiger charge is 2.28. The van der Waals surface area contributed by atoms with E-state index in [0.29, 0.717) is 5.89 Å². The fourth-order valence-corrected chi connectivity index (χ4v) is 3.27. The van der Waals surface area contributed by atoms with Crippen LogP contribution in [0.15, 0.2) is 43.1 Å². The Labute approximate surface area is 120 Å². The molecule has 0 N–H and O–H groups in total. The molecule has 0 radical (unpaired) electrons. The number of aromatic nitrogens is 1. The first-order valence-electron chi connectivity index (χ1n) is 5.48. The number of halogens is 1. The van der Waals surface area contributed by atoms with Crippen LogP contribution in [0.25, 0.3) is 0 Å². The van der Waals surface area contributed by atoms with Crippen LogP contribution >= 0.6 is 15.9 Å².